The van der Waals surface area contributed by atoms with Crippen LogP contribution in [0.25, 0.3) is 10.1 Å². The number of fused-ring (bicyclic) bond motifs is 1. The topological polar surface area (TPSA) is 59.4 Å². The molecule has 106 valence electrons. The van der Waals surface area contributed by atoms with E-state index in [-0.39, 0.29) is 4.88 Å². The van der Waals surface area contributed by atoms with Gasteiger partial charge in [-0.2, -0.15) is 0 Å². The zero-order valence-corrected chi connectivity index (χ0v) is 12.5. The molecule has 0 bridgehead atoms. The predicted molar refractivity (Wildman–Crippen MR) is 82.8 cm³/mol. The number of halogens is 1. The maximum absolute atomic E-state index is 11.1. The number of rotatable bonds is 3. The van der Waals surface area contributed by atoms with Crippen molar-refractivity contribution in [3.8, 4) is 11.5 Å². The van der Waals surface area contributed by atoms with Crippen LogP contribution in [0.1, 0.15) is 15.2 Å². The van der Waals surface area contributed by atoms with Gasteiger partial charge in [-0.1, -0.05) is 11.6 Å². The van der Waals surface area contributed by atoms with Gasteiger partial charge < -0.3 is 9.84 Å². The lowest BCUT2D eigenvalue weighted by Crippen LogP contribution is -1.90. The van der Waals surface area contributed by atoms with E-state index in [1.165, 1.54) is 11.3 Å². The van der Waals surface area contributed by atoms with Gasteiger partial charge in [0.15, 0.2) is 5.75 Å². The number of ether oxygens (including phenoxy) is 1. The average Bonchev–Trinajstić information content (AvgIpc) is 2.88. The van der Waals surface area contributed by atoms with Crippen LogP contribution in [0.4, 0.5) is 0 Å². The van der Waals surface area contributed by atoms with E-state index in [9.17, 15) is 4.79 Å². The Labute approximate surface area is 129 Å². The number of benzene rings is 1. The lowest BCUT2D eigenvalue weighted by Gasteiger charge is -2.07. The number of hydrogen-bond acceptors (Lipinski definition) is 4. The Morgan fingerprint density at radius 2 is 2.14 bits per heavy atom. The molecule has 0 saturated carbocycles. The summed E-state index contributed by atoms with van der Waals surface area (Å²) in [6.45, 7) is 1.89. The maximum atomic E-state index is 11.1. The normalized spacial score (nSPS) is 10.8. The number of carboxylic acids is 1. The summed E-state index contributed by atoms with van der Waals surface area (Å²) < 4.78 is 6.59. The smallest absolute Gasteiger partial charge is 0.345 e. The van der Waals surface area contributed by atoms with Crippen molar-refractivity contribution in [3.05, 3.63) is 52.1 Å². The number of nitrogens with zero attached hydrogens (tertiary/aromatic N) is 1. The van der Waals surface area contributed by atoms with E-state index in [1.54, 1.807) is 30.6 Å². The predicted octanol–water partition coefficient (Wildman–Crippen LogP) is 4.75. The number of hydrogen-bond donors (Lipinski definition) is 1. The van der Waals surface area contributed by atoms with Crippen LogP contribution in [0.5, 0.6) is 11.5 Å². The first kappa shape index (κ1) is 13.9. The fourth-order valence-electron chi connectivity index (χ4n) is 1.93. The molecule has 21 heavy (non-hydrogen) atoms. The van der Waals surface area contributed by atoms with Gasteiger partial charge >= 0.3 is 5.97 Å². The van der Waals surface area contributed by atoms with Crippen molar-refractivity contribution in [2.75, 3.05) is 0 Å². The summed E-state index contributed by atoms with van der Waals surface area (Å²) in [6, 6.07) is 6.95. The van der Waals surface area contributed by atoms with E-state index in [2.05, 4.69) is 4.98 Å². The fraction of sp³-hybridized carbons (Fsp3) is 0.0667. The van der Waals surface area contributed by atoms with Gasteiger partial charge in [-0.05, 0) is 36.8 Å². The molecular weight excluding hydrogens is 310 g/mol. The van der Waals surface area contributed by atoms with Crippen LogP contribution in [0.3, 0.4) is 0 Å². The van der Waals surface area contributed by atoms with Crippen molar-refractivity contribution in [1.29, 1.82) is 0 Å². The van der Waals surface area contributed by atoms with E-state index in [4.69, 9.17) is 21.4 Å². The first-order valence-corrected chi connectivity index (χ1v) is 7.29. The Bertz CT molecular complexity index is 844. The minimum Gasteiger partial charge on any atom is -0.477 e. The monoisotopic (exact) mass is 319 g/mol. The van der Waals surface area contributed by atoms with Gasteiger partial charge in [0.05, 0.1) is 10.9 Å². The van der Waals surface area contributed by atoms with E-state index in [0.29, 0.717) is 16.5 Å². The van der Waals surface area contributed by atoms with E-state index >= 15 is 0 Å². The average molecular weight is 320 g/mol. The molecule has 1 aromatic carbocycles. The molecule has 0 fully saturated rings. The van der Waals surface area contributed by atoms with E-state index in [0.717, 1.165) is 15.6 Å². The molecule has 2 aromatic heterocycles. The Morgan fingerprint density at radius 1 is 1.33 bits per heavy atom. The van der Waals surface area contributed by atoms with Gasteiger partial charge in [-0.25, -0.2) is 4.79 Å². The summed E-state index contributed by atoms with van der Waals surface area (Å²) in [6.07, 6.45) is 3.21. The summed E-state index contributed by atoms with van der Waals surface area (Å²) >= 11 is 7.16. The van der Waals surface area contributed by atoms with Crippen molar-refractivity contribution in [1.82, 2.24) is 4.98 Å². The second kappa shape index (κ2) is 5.35. The summed E-state index contributed by atoms with van der Waals surface area (Å²) in [5.41, 5.74) is 0.908. The first-order chi connectivity index (χ1) is 10.0. The number of aromatic carboxylic acids is 1. The van der Waals surface area contributed by atoms with E-state index in [1.807, 2.05) is 13.0 Å². The number of carboxylic acid groups (broad SMARTS) is 1. The van der Waals surface area contributed by atoms with Crippen molar-refractivity contribution in [3.63, 3.8) is 0 Å². The number of thiophene rings is 1. The van der Waals surface area contributed by atoms with Crippen LogP contribution in [0, 0.1) is 6.92 Å². The Balaban J connectivity index is 2.03. The molecule has 3 rings (SSSR count). The largest absolute Gasteiger partial charge is 0.477 e. The minimum absolute atomic E-state index is 0.259. The fourth-order valence-corrected chi connectivity index (χ4v) is 2.93. The standard InChI is InChI=1S/C15H10ClNO3S/c1-8-4-9(2-3-11(8)16)20-12-6-17-7-14-10(12)5-13(21-14)15(18)19/h2-7H,1H3,(H,18,19). The zero-order chi connectivity index (χ0) is 15.0. The molecule has 0 spiro atoms. The summed E-state index contributed by atoms with van der Waals surface area (Å²) in [5.74, 6) is 0.205. The highest BCUT2D eigenvalue weighted by Gasteiger charge is 2.13. The highest BCUT2D eigenvalue weighted by Crippen LogP contribution is 2.35. The lowest BCUT2D eigenvalue weighted by atomic mass is 10.2. The molecule has 0 aliphatic rings. The highest BCUT2D eigenvalue weighted by molar-refractivity contribution is 7.20. The third-order valence-electron chi connectivity index (χ3n) is 2.98. The third-order valence-corrected chi connectivity index (χ3v) is 4.46. The molecule has 6 heteroatoms. The summed E-state index contributed by atoms with van der Waals surface area (Å²) in [5, 5.41) is 10.5. The maximum Gasteiger partial charge on any atom is 0.345 e. The van der Waals surface area contributed by atoms with Crippen LogP contribution in [0.2, 0.25) is 5.02 Å². The van der Waals surface area contributed by atoms with Gasteiger partial charge in [-0.3, -0.25) is 4.98 Å². The minimum atomic E-state index is -0.954. The highest BCUT2D eigenvalue weighted by atomic mass is 35.5. The molecular formula is C15H10ClNO3S. The second-order valence-corrected chi connectivity index (χ2v) is 5.97. The molecule has 1 N–H and O–H groups in total. The molecule has 3 aromatic rings. The van der Waals surface area contributed by atoms with Gasteiger partial charge in [-0.15, -0.1) is 11.3 Å². The van der Waals surface area contributed by atoms with Crippen LogP contribution in [0.15, 0.2) is 36.7 Å². The Kier molecular flexibility index (Phi) is 3.53. The van der Waals surface area contributed by atoms with Gasteiger partial charge in [0.25, 0.3) is 0 Å². The van der Waals surface area contributed by atoms with Crippen LogP contribution < -0.4 is 4.74 Å². The number of aryl methyl sites for hydroxylation is 1. The van der Waals surface area contributed by atoms with Crippen LogP contribution in [-0.4, -0.2) is 16.1 Å². The number of aromatic nitrogens is 1. The molecule has 0 saturated heterocycles. The Hall–Kier alpha value is -2.11. The molecule has 2 heterocycles. The molecule has 0 aliphatic heterocycles. The third kappa shape index (κ3) is 2.70. The molecule has 0 amide bonds. The van der Waals surface area contributed by atoms with Crippen molar-refractivity contribution >= 4 is 39.0 Å². The van der Waals surface area contributed by atoms with Crippen LogP contribution in [-0.2, 0) is 0 Å². The van der Waals surface area contributed by atoms with Crippen molar-refractivity contribution in [2.24, 2.45) is 0 Å². The first-order valence-electron chi connectivity index (χ1n) is 6.09. The van der Waals surface area contributed by atoms with Crippen LogP contribution >= 0.6 is 22.9 Å². The quantitative estimate of drug-likeness (QED) is 0.757. The SMILES string of the molecule is Cc1cc(Oc2cncc3sc(C(=O)O)cc23)ccc1Cl. The molecule has 0 aliphatic carbocycles. The lowest BCUT2D eigenvalue weighted by molar-refractivity contribution is 0.0702. The number of pyridine rings is 1. The molecule has 0 radical (unpaired) electrons. The second-order valence-electron chi connectivity index (χ2n) is 4.48. The Morgan fingerprint density at radius 3 is 2.86 bits per heavy atom. The number of carbonyl (C=O) groups is 1. The molecule has 4 nitrogen and oxygen atoms in total. The van der Waals surface area contributed by atoms with E-state index < -0.39 is 5.97 Å². The van der Waals surface area contributed by atoms with Crippen molar-refractivity contribution < 1.29 is 14.6 Å². The summed E-state index contributed by atoms with van der Waals surface area (Å²) in [7, 11) is 0. The molecule has 0 unspecified atom stereocenters. The summed E-state index contributed by atoms with van der Waals surface area (Å²) in [4.78, 5) is 15.4. The van der Waals surface area contributed by atoms with Gasteiger partial charge in [0.2, 0.25) is 0 Å². The zero-order valence-electron chi connectivity index (χ0n) is 11.0. The molecule has 0 atom stereocenters. The van der Waals surface area contributed by atoms with Gasteiger partial charge in [0, 0.05) is 16.6 Å². The van der Waals surface area contributed by atoms with Gasteiger partial charge in [0.1, 0.15) is 10.6 Å². The van der Waals surface area contributed by atoms with Crippen molar-refractivity contribution in [2.45, 2.75) is 6.92 Å².